The molecule has 2 bridgehead atoms. The quantitative estimate of drug-likeness (QED) is 0.421. The molecule has 2 spiro atoms. The van der Waals surface area contributed by atoms with E-state index < -0.39 is 57.8 Å². The number of ether oxygens (including phenoxy) is 1. The number of hydrogen-bond donors (Lipinski definition) is 2. The summed E-state index contributed by atoms with van der Waals surface area (Å²) in [5.41, 5.74) is -2.67. The van der Waals surface area contributed by atoms with Crippen molar-refractivity contribution in [2.75, 3.05) is 6.61 Å². The van der Waals surface area contributed by atoms with Crippen LogP contribution >= 0.6 is 0 Å². The summed E-state index contributed by atoms with van der Waals surface area (Å²) in [6.45, 7) is 11.6. The van der Waals surface area contributed by atoms with E-state index in [1.807, 2.05) is 6.92 Å². The molecule has 0 aromatic rings. The zero-order valence-corrected chi connectivity index (χ0v) is 18.5. The Morgan fingerprint density at radius 2 is 2.03 bits per heavy atom. The van der Waals surface area contributed by atoms with Gasteiger partial charge in [0.2, 0.25) is 0 Å². The van der Waals surface area contributed by atoms with Gasteiger partial charge in [0.05, 0.1) is 12.0 Å². The predicted octanol–water partition coefficient (Wildman–Crippen LogP) is 2.89. The van der Waals surface area contributed by atoms with Crippen molar-refractivity contribution in [3.8, 4) is 12.3 Å². The Kier molecular flexibility index (Phi) is 4.46. The van der Waals surface area contributed by atoms with E-state index in [0.29, 0.717) is 25.7 Å². The number of Topliss-reactive ketones (excluding diaryl/α,β-unsaturated/α-hetero) is 1. The Bertz CT molecular complexity index is 858. The normalized spacial score (nSPS) is 54.1. The number of carbonyl (C=O) groups is 2. The van der Waals surface area contributed by atoms with E-state index >= 15 is 0 Å². The fourth-order valence-electron chi connectivity index (χ4n) is 8.67. The van der Waals surface area contributed by atoms with Gasteiger partial charge in [-0.3, -0.25) is 4.79 Å². The summed E-state index contributed by atoms with van der Waals surface area (Å²) in [7, 11) is 0. The van der Waals surface area contributed by atoms with E-state index in [1.54, 1.807) is 6.08 Å². The number of aliphatic hydroxyl groups excluding tert-OH is 2. The molecule has 5 heteroatoms. The number of terminal acetylenes is 1. The summed E-state index contributed by atoms with van der Waals surface area (Å²) in [4.78, 5) is 25.6. The highest BCUT2D eigenvalue weighted by Crippen LogP contribution is 2.89. The molecule has 1 unspecified atom stereocenters. The topological polar surface area (TPSA) is 83.8 Å². The first-order valence-corrected chi connectivity index (χ1v) is 11.1. The minimum Gasteiger partial charge on any atom is -0.460 e. The standard InChI is InChI=1S/C25H34O5/c1-7-16-20(29)21(4,8-2)12-18(30-19(28)13-26)22(5)15(3)11-25-14-24(16,23(22,25)6)10-9-17(25)27/h1,8,15-16,18,20,26,29H,2,9-14H2,3-6H3/t15-,16+,18-,20+,21-,22+,23+,24-,25?/m1/s1. The molecule has 30 heavy (non-hydrogen) atoms. The SMILES string of the molecule is C#C[C@H]1[C@H](O)[C@](C)(C=C)C[C@@H](OC(=O)CO)[C@]2(C)[C@H](C)CC34C[C@@]1(CCC3=O)[C@@]42C. The summed E-state index contributed by atoms with van der Waals surface area (Å²) >= 11 is 0. The van der Waals surface area contributed by atoms with E-state index in [0.717, 1.165) is 6.42 Å². The first kappa shape index (κ1) is 21.6. The minimum absolute atomic E-state index is 0.116. The molecular weight excluding hydrogens is 380 g/mol. The van der Waals surface area contributed by atoms with E-state index in [4.69, 9.17) is 11.2 Å². The van der Waals surface area contributed by atoms with Crippen molar-refractivity contribution in [1.29, 1.82) is 0 Å². The van der Waals surface area contributed by atoms with E-state index in [1.165, 1.54) is 0 Å². The van der Waals surface area contributed by atoms with Crippen LogP contribution in [-0.4, -0.2) is 40.8 Å². The van der Waals surface area contributed by atoms with Crippen LogP contribution in [0.5, 0.6) is 0 Å². The molecule has 0 aromatic heterocycles. The van der Waals surface area contributed by atoms with Gasteiger partial charge in [-0.1, -0.05) is 39.7 Å². The summed E-state index contributed by atoms with van der Waals surface area (Å²) in [6, 6.07) is 0. The fourth-order valence-corrected chi connectivity index (χ4v) is 8.67. The van der Waals surface area contributed by atoms with Crippen LogP contribution in [0.4, 0.5) is 0 Å². The molecule has 0 saturated heterocycles. The molecule has 0 amide bonds. The molecule has 0 heterocycles. The number of aliphatic hydroxyl groups is 2. The van der Waals surface area contributed by atoms with Crippen LogP contribution in [0.2, 0.25) is 0 Å². The van der Waals surface area contributed by atoms with Crippen LogP contribution < -0.4 is 0 Å². The molecular formula is C25H34O5. The van der Waals surface area contributed by atoms with Crippen molar-refractivity contribution in [3.05, 3.63) is 12.7 Å². The molecule has 0 aliphatic heterocycles. The Balaban J connectivity index is 1.99. The maximum atomic E-state index is 13.3. The molecule has 4 aliphatic rings. The van der Waals surface area contributed by atoms with Crippen molar-refractivity contribution >= 4 is 11.8 Å². The lowest BCUT2D eigenvalue weighted by atomic mass is 9.25. The van der Waals surface area contributed by atoms with Crippen molar-refractivity contribution in [2.24, 2.45) is 38.9 Å². The molecule has 4 rings (SSSR count). The maximum Gasteiger partial charge on any atom is 0.332 e. The largest absolute Gasteiger partial charge is 0.460 e. The zero-order chi connectivity index (χ0) is 22.3. The van der Waals surface area contributed by atoms with Gasteiger partial charge in [0, 0.05) is 22.7 Å². The third-order valence-electron chi connectivity index (χ3n) is 10.6. The summed E-state index contributed by atoms with van der Waals surface area (Å²) < 4.78 is 5.90. The lowest BCUT2D eigenvalue weighted by Crippen LogP contribution is -2.78. The average molecular weight is 415 g/mol. The maximum absolute atomic E-state index is 13.3. The highest BCUT2D eigenvalue weighted by molar-refractivity contribution is 5.90. The molecule has 164 valence electrons. The van der Waals surface area contributed by atoms with Crippen LogP contribution in [0.15, 0.2) is 12.7 Å². The van der Waals surface area contributed by atoms with Crippen molar-refractivity contribution < 1.29 is 24.5 Å². The van der Waals surface area contributed by atoms with Gasteiger partial charge < -0.3 is 14.9 Å². The number of ketones is 1. The highest BCUT2D eigenvalue weighted by atomic mass is 16.6. The second-order valence-electron chi connectivity index (χ2n) is 11.0. The Hall–Kier alpha value is -1.64. The summed E-state index contributed by atoms with van der Waals surface area (Å²) in [5, 5.41) is 21.0. The van der Waals surface area contributed by atoms with Gasteiger partial charge in [-0.15, -0.1) is 13.0 Å². The summed E-state index contributed by atoms with van der Waals surface area (Å²) in [5.74, 6) is 2.24. The van der Waals surface area contributed by atoms with Gasteiger partial charge >= 0.3 is 5.97 Å². The predicted molar refractivity (Wildman–Crippen MR) is 112 cm³/mol. The third-order valence-corrected chi connectivity index (χ3v) is 10.6. The second kappa shape index (κ2) is 6.20. The molecule has 0 aromatic carbocycles. The van der Waals surface area contributed by atoms with Gasteiger partial charge in [-0.2, -0.15) is 0 Å². The van der Waals surface area contributed by atoms with Gasteiger partial charge in [0.15, 0.2) is 0 Å². The number of hydrogen-bond acceptors (Lipinski definition) is 5. The van der Waals surface area contributed by atoms with E-state index in [9.17, 15) is 19.8 Å². The van der Waals surface area contributed by atoms with Crippen LogP contribution in [-0.2, 0) is 14.3 Å². The van der Waals surface area contributed by atoms with Crippen molar-refractivity contribution in [1.82, 2.24) is 0 Å². The van der Waals surface area contributed by atoms with Crippen LogP contribution in [0.25, 0.3) is 0 Å². The fraction of sp³-hybridized carbons (Fsp3) is 0.760. The lowest BCUT2D eigenvalue weighted by Gasteiger charge is -2.77. The van der Waals surface area contributed by atoms with Gasteiger partial charge in [-0.25, -0.2) is 4.79 Å². The van der Waals surface area contributed by atoms with Crippen molar-refractivity contribution in [2.45, 2.75) is 72.0 Å². The van der Waals surface area contributed by atoms with Gasteiger partial charge in [-0.05, 0) is 42.4 Å². The van der Waals surface area contributed by atoms with E-state index in [-0.39, 0.29) is 11.7 Å². The average Bonchev–Trinajstić information content (AvgIpc) is 2.86. The monoisotopic (exact) mass is 414 g/mol. The minimum atomic E-state index is -0.862. The van der Waals surface area contributed by atoms with Gasteiger partial charge in [0.25, 0.3) is 0 Å². The van der Waals surface area contributed by atoms with Crippen LogP contribution in [0.3, 0.4) is 0 Å². The second-order valence-corrected chi connectivity index (χ2v) is 11.0. The van der Waals surface area contributed by atoms with Crippen LogP contribution in [0.1, 0.15) is 59.8 Å². The Morgan fingerprint density at radius 1 is 1.37 bits per heavy atom. The third kappa shape index (κ3) is 1.99. The molecule has 2 N–H and O–H groups in total. The highest BCUT2D eigenvalue weighted by Gasteiger charge is 2.88. The smallest absolute Gasteiger partial charge is 0.332 e. The first-order chi connectivity index (χ1) is 13.9. The molecule has 4 aliphatic carbocycles. The molecule has 4 fully saturated rings. The number of carbonyl (C=O) groups excluding carboxylic acids is 2. The first-order valence-electron chi connectivity index (χ1n) is 11.1. The Morgan fingerprint density at radius 3 is 2.60 bits per heavy atom. The molecule has 5 nitrogen and oxygen atoms in total. The molecule has 0 radical (unpaired) electrons. The van der Waals surface area contributed by atoms with Crippen molar-refractivity contribution in [3.63, 3.8) is 0 Å². The zero-order valence-electron chi connectivity index (χ0n) is 18.5. The summed E-state index contributed by atoms with van der Waals surface area (Å²) in [6.07, 6.45) is 9.28. The van der Waals surface area contributed by atoms with Gasteiger partial charge in [0.1, 0.15) is 18.5 Å². The van der Waals surface area contributed by atoms with E-state index in [2.05, 4.69) is 33.3 Å². The Labute approximate surface area is 179 Å². The van der Waals surface area contributed by atoms with Crippen LogP contribution in [0, 0.1) is 51.3 Å². The molecule has 9 atom stereocenters. The molecule has 4 saturated carbocycles. The number of rotatable bonds is 3. The number of esters is 1. The lowest BCUT2D eigenvalue weighted by molar-refractivity contribution is -0.306.